The first-order chi connectivity index (χ1) is 18.7. The fraction of sp³-hybridized carbons (Fsp3) is 0.233. The van der Waals surface area contributed by atoms with Crippen molar-refractivity contribution in [3.63, 3.8) is 0 Å². The summed E-state index contributed by atoms with van der Waals surface area (Å²) in [6, 6.07) is 15.1. The Morgan fingerprint density at radius 3 is 2.49 bits per heavy atom. The summed E-state index contributed by atoms with van der Waals surface area (Å²) in [5, 5.41) is 4.09. The fourth-order valence-electron chi connectivity index (χ4n) is 4.42. The number of anilines is 1. The highest BCUT2D eigenvalue weighted by Gasteiger charge is 2.30. The highest BCUT2D eigenvalue weighted by molar-refractivity contribution is 5.84. The smallest absolute Gasteiger partial charge is 0.416 e. The van der Waals surface area contributed by atoms with Gasteiger partial charge in [-0.15, -0.1) is 0 Å². The first kappa shape index (κ1) is 26.2. The monoisotopic (exact) mass is 531 g/mol. The number of ether oxygens (including phenoxy) is 1. The molecule has 0 atom stereocenters. The maximum absolute atomic E-state index is 13.3. The number of nitrogens with one attached hydrogen (secondary N) is 1. The van der Waals surface area contributed by atoms with Crippen LogP contribution < -0.4 is 10.7 Å². The minimum absolute atomic E-state index is 0.215. The van der Waals surface area contributed by atoms with Crippen LogP contribution >= 0.6 is 0 Å². The third kappa shape index (κ3) is 5.43. The van der Waals surface area contributed by atoms with Crippen LogP contribution in [0.4, 0.5) is 18.9 Å². The van der Waals surface area contributed by atoms with Gasteiger partial charge < -0.3 is 14.6 Å². The van der Waals surface area contributed by atoms with Crippen molar-refractivity contribution < 1.29 is 17.9 Å². The number of hydrogen-bond donors (Lipinski definition) is 1. The van der Waals surface area contributed by atoms with E-state index in [0.717, 1.165) is 41.7 Å². The van der Waals surface area contributed by atoms with Gasteiger partial charge in [-0.25, -0.2) is 9.98 Å². The van der Waals surface area contributed by atoms with Crippen LogP contribution in [-0.2, 0) is 10.9 Å². The summed E-state index contributed by atoms with van der Waals surface area (Å²) in [6.45, 7) is 7.45. The summed E-state index contributed by atoms with van der Waals surface area (Å²) in [5.74, 6) is 0.326. The van der Waals surface area contributed by atoms with Crippen molar-refractivity contribution >= 4 is 23.4 Å². The van der Waals surface area contributed by atoms with Gasteiger partial charge in [-0.05, 0) is 93.6 Å². The van der Waals surface area contributed by atoms with Gasteiger partial charge in [0.05, 0.1) is 52.2 Å². The third-order valence-electron chi connectivity index (χ3n) is 6.44. The predicted molar refractivity (Wildman–Crippen MR) is 148 cm³/mol. The number of nitrogens with zero attached hydrogens (tertiary/aromatic N) is 4. The van der Waals surface area contributed by atoms with Gasteiger partial charge in [0.2, 0.25) is 5.88 Å². The molecule has 0 bridgehead atoms. The Morgan fingerprint density at radius 1 is 1.13 bits per heavy atom. The van der Waals surface area contributed by atoms with Crippen LogP contribution in [-0.4, -0.2) is 29.4 Å². The average molecular weight is 532 g/mol. The van der Waals surface area contributed by atoms with Crippen molar-refractivity contribution in [1.82, 2.24) is 9.55 Å². The lowest BCUT2D eigenvalue weighted by Crippen LogP contribution is -2.17. The molecule has 39 heavy (non-hydrogen) atoms. The van der Waals surface area contributed by atoms with Gasteiger partial charge >= 0.3 is 6.18 Å². The van der Waals surface area contributed by atoms with Crippen molar-refractivity contribution in [1.29, 1.82) is 0 Å². The standard InChI is InChI=1S/C30H28F3N5O/c1-5-6-23(29(34-3)39-4)37-24-16-26-28(17-25(24)35-20-10-11-20)38(27-15-18(2)7-14-22(27)36-26)21-12-8-19(9-13-21)30(31,32)33/h5-9,12-17,20,37H,3,10-11H2,1-2,4H3. The summed E-state index contributed by atoms with van der Waals surface area (Å²) < 4.78 is 47.3. The van der Waals surface area contributed by atoms with E-state index in [1.165, 1.54) is 19.2 Å². The molecule has 1 saturated carbocycles. The van der Waals surface area contributed by atoms with E-state index in [9.17, 15) is 13.2 Å². The molecule has 9 heteroatoms. The van der Waals surface area contributed by atoms with Crippen molar-refractivity contribution in [2.75, 3.05) is 12.4 Å². The minimum atomic E-state index is -4.42. The molecular weight excluding hydrogens is 503 g/mol. The maximum Gasteiger partial charge on any atom is 0.416 e. The quantitative estimate of drug-likeness (QED) is 0.121. The molecule has 0 amide bonds. The number of aromatic nitrogens is 2. The summed E-state index contributed by atoms with van der Waals surface area (Å²) in [5.41, 5.74) is 5.08. The lowest BCUT2D eigenvalue weighted by Gasteiger charge is -2.21. The Morgan fingerprint density at radius 2 is 1.87 bits per heavy atom. The van der Waals surface area contributed by atoms with Crippen LogP contribution in [0.3, 0.4) is 0 Å². The van der Waals surface area contributed by atoms with Crippen LogP contribution in [0.25, 0.3) is 28.1 Å². The number of fused-ring (bicyclic) bond motifs is 2. The van der Waals surface area contributed by atoms with Crippen LogP contribution in [0.2, 0.25) is 0 Å². The first-order valence-corrected chi connectivity index (χ1v) is 12.5. The van der Waals surface area contributed by atoms with Crippen LogP contribution in [0.5, 0.6) is 0 Å². The molecule has 5 rings (SSSR count). The van der Waals surface area contributed by atoms with Crippen molar-refractivity contribution in [2.45, 2.75) is 38.9 Å². The minimum Gasteiger partial charge on any atom is -0.480 e. The Bertz CT molecular complexity index is 1640. The Kier molecular flexibility index (Phi) is 6.99. The molecule has 0 saturated heterocycles. The summed E-state index contributed by atoms with van der Waals surface area (Å²) >= 11 is 0. The summed E-state index contributed by atoms with van der Waals surface area (Å²) in [4.78, 5) is 13.8. The second kappa shape index (κ2) is 10.4. The van der Waals surface area contributed by atoms with Gasteiger partial charge in [-0.3, -0.25) is 4.99 Å². The van der Waals surface area contributed by atoms with Crippen molar-refractivity contribution in [3.8, 4) is 17.1 Å². The lowest BCUT2D eigenvalue weighted by molar-refractivity contribution is -0.137. The Labute approximate surface area is 224 Å². The van der Waals surface area contributed by atoms with E-state index in [1.54, 1.807) is 0 Å². The van der Waals surface area contributed by atoms with Crippen molar-refractivity contribution in [2.24, 2.45) is 9.98 Å². The number of aryl methyl sites for hydroxylation is 1. The SMILES string of the molecule is C=NC(OC)=C(C=CC)Nc1cc2nc3ccc(C)cc3n(-c3ccc(C(F)(F)F)cc3)c-2cc1=NC1CC1. The van der Waals surface area contributed by atoms with E-state index in [2.05, 4.69) is 17.0 Å². The topological polar surface area (TPSA) is 63.8 Å². The normalized spacial score (nSPS) is 15.2. The lowest BCUT2D eigenvalue weighted by atomic mass is 10.1. The van der Waals surface area contributed by atoms with E-state index < -0.39 is 11.7 Å². The molecule has 6 nitrogen and oxygen atoms in total. The van der Waals surface area contributed by atoms with Crippen LogP contribution in [0, 0.1) is 6.92 Å². The van der Waals surface area contributed by atoms with Gasteiger partial charge in [0.25, 0.3) is 0 Å². The number of alkyl halides is 3. The molecule has 200 valence electrons. The van der Waals surface area contributed by atoms with Gasteiger partial charge in [0.1, 0.15) is 5.70 Å². The summed E-state index contributed by atoms with van der Waals surface area (Å²) in [7, 11) is 1.52. The van der Waals surface area contributed by atoms with E-state index in [0.29, 0.717) is 39.5 Å². The average Bonchev–Trinajstić information content (AvgIpc) is 3.72. The highest BCUT2D eigenvalue weighted by atomic mass is 19.4. The van der Waals surface area contributed by atoms with Crippen LogP contribution in [0.1, 0.15) is 30.9 Å². The van der Waals surface area contributed by atoms with Gasteiger partial charge in [0, 0.05) is 5.69 Å². The highest BCUT2D eigenvalue weighted by Crippen LogP contribution is 2.34. The molecule has 3 aliphatic rings. The summed E-state index contributed by atoms with van der Waals surface area (Å²) in [6.07, 6.45) is 1.27. The zero-order valence-corrected chi connectivity index (χ0v) is 21.9. The second-order valence-electron chi connectivity index (χ2n) is 9.41. The molecule has 1 aliphatic heterocycles. The van der Waals surface area contributed by atoms with E-state index in [1.807, 2.05) is 60.9 Å². The second-order valence-corrected chi connectivity index (χ2v) is 9.41. The van der Waals surface area contributed by atoms with Crippen molar-refractivity contribution in [3.05, 3.63) is 94.8 Å². The number of rotatable bonds is 7. The van der Waals surface area contributed by atoms with E-state index >= 15 is 0 Å². The molecular formula is C30H28F3N5O. The van der Waals surface area contributed by atoms with E-state index in [4.69, 9.17) is 14.7 Å². The van der Waals surface area contributed by atoms with E-state index in [-0.39, 0.29) is 6.04 Å². The van der Waals surface area contributed by atoms with Crippen LogP contribution in [0.15, 0.2) is 88.3 Å². The molecule has 1 heterocycles. The maximum atomic E-state index is 13.3. The zero-order chi connectivity index (χ0) is 27.7. The largest absolute Gasteiger partial charge is 0.480 e. The number of methoxy groups -OCH3 is 1. The third-order valence-corrected chi connectivity index (χ3v) is 6.44. The first-order valence-electron chi connectivity index (χ1n) is 12.5. The van der Waals surface area contributed by atoms with Gasteiger partial charge in [0.15, 0.2) is 0 Å². The molecule has 0 radical (unpaired) electrons. The zero-order valence-electron chi connectivity index (χ0n) is 21.9. The number of allylic oxidation sites excluding steroid dienone is 2. The Balaban J connectivity index is 1.80. The van der Waals surface area contributed by atoms with Gasteiger partial charge in [-0.1, -0.05) is 12.1 Å². The molecule has 0 aromatic heterocycles. The number of benzene rings is 3. The molecule has 2 aliphatic carbocycles. The Hall–Kier alpha value is -4.40. The number of aliphatic imine (C=N–C) groups is 1. The fourth-order valence-corrected chi connectivity index (χ4v) is 4.42. The molecule has 2 aromatic rings. The molecule has 1 N–H and O–H groups in total. The molecule has 1 fully saturated rings. The predicted octanol–water partition coefficient (Wildman–Crippen LogP) is 7.02. The molecule has 0 spiro atoms. The number of hydrogen-bond acceptors (Lipinski definition) is 5. The van der Waals surface area contributed by atoms with Gasteiger partial charge in [-0.2, -0.15) is 13.2 Å². The molecule has 0 unspecified atom stereocenters. The molecule has 2 aromatic carbocycles. The number of halogens is 3.